The Labute approximate surface area is 140 Å². The lowest BCUT2D eigenvalue weighted by Gasteiger charge is -2.16. The SMILES string of the molecule is C=C(Nc1cc(C(=O)CCC)ccc1CCCC)C1=CC=CC1. The second-order valence-corrected chi connectivity index (χ2v) is 6.08. The van der Waals surface area contributed by atoms with E-state index < -0.39 is 0 Å². The molecule has 1 N–H and O–H groups in total. The van der Waals surface area contributed by atoms with E-state index >= 15 is 0 Å². The van der Waals surface area contributed by atoms with Crippen molar-refractivity contribution >= 4 is 11.5 Å². The van der Waals surface area contributed by atoms with Gasteiger partial charge in [-0.3, -0.25) is 4.79 Å². The molecular weight excluding hydrogens is 282 g/mol. The summed E-state index contributed by atoms with van der Waals surface area (Å²) in [6.45, 7) is 8.39. The number of carbonyl (C=O) groups excluding carboxylic acids is 1. The van der Waals surface area contributed by atoms with Crippen LogP contribution in [0, 0.1) is 0 Å². The number of hydrogen-bond donors (Lipinski definition) is 1. The van der Waals surface area contributed by atoms with Crippen LogP contribution in [0.1, 0.15) is 61.9 Å². The van der Waals surface area contributed by atoms with Crippen LogP contribution in [-0.2, 0) is 6.42 Å². The average molecular weight is 309 g/mol. The third-order valence-electron chi connectivity index (χ3n) is 4.15. The Hall–Kier alpha value is -2.09. The molecule has 23 heavy (non-hydrogen) atoms. The van der Waals surface area contributed by atoms with Gasteiger partial charge in [0.1, 0.15) is 0 Å². The third-order valence-corrected chi connectivity index (χ3v) is 4.15. The largest absolute Gasteiger partial charge is 0.356 e. The Balaban J connectivity index is 2.22. The first-order chi connectivity index (χ1) is 11.2. The summed E-state index contributed by atoms with van der Waals surface area (Å²) in [6, 6.07) is 6.06. The number of aryl methyl sites for hydroxylation is 1. The number of carbonyl (C=O) groups is 1. The fourth-order valence-corrected chi connectivity index (χ4v) is 2.74. The van der Waals surface area contributed by atoms with Gasteiger partial charge in [0.15, 0.2) is 5.78 Å². The number of nitrogens with one attached hydrogen (secondary N) is 1. The normalized spacial score (nSPS) is 13.0. The molecule has 0 saturated carbocycles. The van der Waals surface area contributed by atoms with Crippen LogP contribution >= 0.6 is 0 Å². The second kappa shape index (κ2) is 8.52. The van der Waals surface area contributed by atoms with E-state index in [4.69, 9.17) is 0 Å². The van der Waals surface area contributed by atoms with Crippen LogP contribution in [0.4, 0.5) is 5.69 Å². The van der Waals surface area contributed by atoms with E-state index in [0.717, 1.165) is 49.1 Å². The molecule has 1 aromatic rings. The lowest BCUT2D eigenvalue weighted by Crippen LogP contribution is -2.06. The monoisotopic (exact) mass is 309 g/mol. The quantitative estimate of drug-likeness (QED) is 0.582. The minimum absolute atomic E-state index is 0.213. The maximum Gasteiger partial charge on any atom is 0.162 e. The highest BCUT2D eigenvalue weighted by atomic mass is 16.1. The van der Waals surface area contributed by atoms with Crippen molar-refractivity contribution in [3.8, 4) is 0 Å². The summed E-state index contributed by atoms with van der Waals surface area (Å²) in [6.07, 6.45) is 12.0. The number of allylic oxidation sites excluding steroid dienone is 4. The smallest absolute Gasteiger partial charge is 0.162 e. The number of Topliss-reactive ketones (excluding diaryl/α,β-unsaturated/α-hetero) is 1. The van der Waals surface area contributed by atoms with Crippen molar-refractivity contribution in [2.45, 2.75) is 52.4 Å². The van der Waals surface area contributed by atoms with E-state index in [0.29, 0.717) is 6.42 Å². The Bertz CT molecular complexity index is 637. The zero-order valence-electron chi connectivity index (χ0n) is 14.3. The van der Waals surface area contributed by atoms with Gasteiger partial charge in [-0.05, 0) is 42.9 Å². The molecule has 2 rings (SSSR count). The zero-order chi connectivity index (χ0) is 16.7. The van der Waals surface area contributed by atoms with E-state index in [2.05, 4.69) is 43.1 Å². The van der Waals surface area contributed by atoms with E-state index in [1.807, 2.05) is 19.1 Å². The molecule has 0 fully saturated rings. The minimum atomic E-state index is 0.213. The van der Waals surface area contributed by atoms with Gasteiger partial charge in [0.05, 0.1) is 0 Å². The molecule has 0 aromatic heterocycles. The van der Waals surface area contributed by atoms with Crippen molar-refractivity contribution in [1.82, 2.24) is 0 Å². The van der Waals surface area contributed by atoms with Gasteiger partial charge in [-0.25, -0.2) is 0 Å². The Kier molecular flexibility index (Phi) is 6.40. The molecular formula is C21H27NO. The van der Waals surface area contributed by atoms with Crippen molar-refractivity contribution < 1.29 is 4.79 Å². The molecule has 122 valence electrons. The molecule has 0 unspecified atom stereocenters. The van der Waals surface area contributed by atoms with Crippen molar-refractivity contribution in [3.63, 3.8) is 0 Å². The van der Waals surface area contributed by atoms with Gasteiger partial charge in [-0.15, -0.1) is 0 Å². The summed E-state index contributed by atoms with van der Waals surface area (Å²) in [5.41, 5.74) is 5.20. The van der Waals surface area contributed by atoms with Gasteiger partial charge in [0, 0.05) is 23.4 Å². The fraction of sp³-hybridized carbons (Fsp3) is 0.381. The molecule has 0 aliphatic heterocycles. The van der Waals surface area contributed by atoms with Crippen molar-refractivity contribution in [2.24, 2.45) is 0 Å². The van der Waals surface area contributed by atoms with E-state index in [-0.39, 0.29) is 5.78 Å². The van der Waals surface area contributed by atoms with Crippen LogP contribution in [0.3, 0.4) is 0 Å². The number of hydrogen-bond acceptors (Lipinski definition) is 2. The van der Waals surface area contributed by atoms with Crippen molar-refractivity contribution in [1.29, 1.82) is 0 Å². The first-order valence-corrected chi connectivity index (χ1v) is 8.63. The van der Waals surface area contributed by atoms with Crippen LogP contribution in [0.15, 0.2) is 54.3 Å². The summed E-state index contributed by atoms with van der Waals surface area (Å²) < 4.78 is 0. The van der Waals surface area contributed by atoms with E-state index in [1.165, 1.54) is 11.1 Å². The Morgan fingerprint density at radius 3 is 2.74 bits per heavy atom. The summed E-state index contributed by atoms with van der Waals surface area (Å²) >= 11 is 0. The molecule has 2 nitrogen and oxygen atoms in total. The highest BCUT2D eigenvalue weighted by Crippen LogP contribution is 2.26. The van der Waals surface area contributed by atoms with Crippen molar-refractivity contribution in [2.75, 3.05) is 5.32 Å². The molecule has 0 heterocycles. The first kappa shape index (κ1) is 17.3. The van der Waals surface area contributed by atoms with Gasteiger partial charge in [0.2, 0.25) is 0 Å². The molecule has 1 aromatic carbocycles. The van der Waals surface area contributed by atoms with E-state index in [9.17, 15) is 4.79 Å². The van der Waals surface area contributed by atoms with Gasteiger partial charge in [-0.2, -0.15) is 0 Å². The molecule has 1 aliphatic carbocycles. The van der Waals surface area contributed by atoms with Crippen molar-refractivity contribution in [3.05, 3.63) is 65.4 Å². The number of rotatable bonds is 9. The number of anilines is 1. The predicted octanol–water partition coefficient (Wildman–Crippen LogP) is 5.82. The van der Waals surface area contributed by atoms with E-state index in [1.54, 1.807) is 0 Å². The van der Waals surface area contributed by atoms with Gasteiger partial charge >= 0.3 is 0 Å². The van der Waals surface area contributed by atoms with Crippen LogP contribution in [-0.4, -0.2) is 5.78 Å². The van der Waals surface area contributed by atoms with Crippen LogP contribution in [0.5, 0.6) is 0 Å². The average Bonchev–Trinajstić information content (AvgIpc) is 3.08. The van der Waals surface area contributed by atoms with Crippen LogP contribution in [0.25, 0.3) is 0 Å². The van der Waals surface area contributed by atoms with Crippen LogP contribution in [0.2, 0.25) is 0 Å². The summed E-state index contributed by atoms with van der Waals surface area (Å²) in [4.78, 5) is 12.2. The lowest BCUT2D eigenvalue weighted by atomic mass is 9.99. The highest BCUT2D eigenvalue weighted by Gasteiger charge is 2.11. The molecule has 2 heteroatoms. The minimum Gasteiger partial charge on any atom is -0.356 e. The van der Waals surface area contributed by atoms with Gasteiger partial charge in [0.25, 0.3) is 0 Å². The molecule has 0 atom stereocenters. The fourth-order valence-electron chi connectivity index (χ4n) is 2.74. The summed E-state index contributed by atoms with van der Waals surface area (Å²) in [5, 5.41) is 3.44. The second-order valence-electron chi connectivity index (χ2n) is 6.08. The third kappa shape index (κ3) is 4.69. The summed E-state index contributed by atoms with van der Waals surface area (Å²) in [5.74, 6) is 0.213. The first-order valence-electron chi connectivity index (χ1n) is 8.63. The maximum absolute atomic E-state index is 12.2. The number of benzene rings is 1. The molecule has 0 bridgehead atoms. The molecule has 0 saturated heterocycles. The predicted molar refractivity (Wildman–Crippen MR) is 98.9 cm³/mol. The Morgan fingerprint density at radius 2 is 2.09 bits per heavy atom. The standard InChI is InChI=1S/C21H27NO/c1-4-6-10-18-13-14-19(21(23)9-5-2)15-20(18)22-16(3)17-11-7-8-12-17/h7-8,11,13-15,22H,3-6,9-10,12H2,1-2H3. The Morgan fingerprint density at radius 1 is 1.26 bits per heavy atom. The maximum atomic E-state index is 12.2. The number of ketones is 1. The zero-order valence-corrected chi connectivity index (χ0v) is 14.3. The van der Waals surface area contributed by atoms with Gasteiger partial charge < -0.3 is 5.32 Å². The number of unbranched alkanes of at least 4 members (excludes halogenated alkanes) is 1. The molecule has 0 amide bonds. The molecule has 1 aliphatic rings. The van der Waals surface area contributed by atoms with Crippen LogP contribution < -0.4 is 5.32 Å². The topological polar surface area (TPSA) is 29.1 Å². The summed E-state index contributed by atoms with van der Waals surface area (Å²) in [7, 11) is 0. The lowest BCUT2D eigenvalue weighted by molar-refractivity contribution is 0.0982. The highest BCUT2D eigenvalue weighted by molar-refractivity contribution is 5.97. The van der Waals surface area contributed by atoms with Gasteiger partial charge in [-0.1, -0.05) is 57.2 Å². The molecule has 0 radical (unpaired) electrons. The molecule has 0 spiro atoms.